The van der Waals surface area contributed by atoms with Gasteiger partial charge in [0.25, 0.3) is 5.91 Å². The molecule has 1 aromatic heterocycles. The molecule has 0 unspecified atom stereocenters. The van der Waals surface area contributed by atoms with E-state index in [0.717, 1.165) is 36.6 Å². The van der Waals surface area contributed by atoms with Crippen LogP contribution in [0.25, 0.3) is 0 Å². The Morgan fingerprint density at radius 3 is 2.52 bits per heavy atom. The van der Waals surface area contributed by atoms with Gasteiger partial charge in [0, 0.05) is 30.0 Å². The molecule has 2 aromatic rings. The van der Waals surface area contributed by atoms with Gasteiger partial charge >= 0.3 is 0 Å². The monoisotopic (exact) mass is 432 g/mol. The van der Waals surface area contributed by atoms with Crippen molar-refractivity contribution in [2.45, 2.75) is 44.6 Å². The van der Waals surface area contributed by atoms with Crippen molar-refractivity contribution < 1.29 is 14.0 Å². The lowest BCUT2D eigenvalue weighted by Crippen LogP contribution is -2.46. The Kier molecular flexibility index (Phi) is 7.10. The van der Waals surface area contributed by atoms with E-state index < -0.39 is 0 Å². The largest absolute Gasteiger partial charge is 0.472 e. The maximum Gasteiger partial charge on any atom is 0.257 e. The molecule has 1 saturated heterocycles. The molecule has 0 atom stereocenters. The summed E-state index contributed by atoms with van der Waals surface area (Å²) < 4.78 is 6.06. The van der Waals surface area contributed by atoms with Gasteiger partial charge in [0.1, 0.15) is 6.26 Å². The summed E-state index contributed by atoms with van der Waals surface area (Å²) in [6, 6.07) is 10.2. The molecule has 6 heteroatoms. The van der Waals surface area contributed by atoms with Crippen LogP contribution in [0.4, 0.5) is 0 Å². The topological polar surface area (TPSA) is 62.6 Å². The molecule has 0 radical (unpaired) electrons. The van der Waals surface area contributed by atoms with Crippen LogP contribution in [-0.4, -0.2) is 35.8 Å². The number of piperidine rings is 1. The Hall–Kier alpha value is -2.08. The molecule has 0 bridgehead atoms. The van der Waals surface area contributed by atoms with E-state index in [1.54, 1.807) is 6.07 Å². The van der Waals surface area contributed by atoms with Crippen molar-refractivity contribution in [2.24, 2.45) is 0 Å². The molecule has 1 aliphatic heterocycles. The lowest BCUT2D eigenvalue weighted by atomic mass is 10.0. The number of carbonyl (C=O) groups is 2. The van der Waals surface area contributed by atoms with E-state index in [2.05, 4.69) is 33.4 Å². The molecule has 144 valence electrons. The smallest absolute Gasteiger partial charge is 0.257 e. The van der Waals surface area contributed by atoms with Gasteiger partial charge in [0.2, 0.25) is 5.91 Å². The zero-order valence-corrected chi connectivity index (χ0v) is 16.9. The highest BCUT2D eigenvalue weighted by Crippen LogP contribution is 2.15. The third kappa shape index (κ3) is 5.96. The molecule has 27 heavy (non-hydrogen) atoms. The highest BCUT2D eigenvalue weighted by atomic mass is 79.9. The molecular weight excluding hydrogens is 408 g/mol. The van der Waals surface area contributed by atoms with Crippen LogP contribution >= 0.6 is 15.9 Å². The number of hydrogen-bond acceptors (Lipinski definition) is 3. The van der Waals surface area contributed by atoms with Crippen LogP contribution in [0.2, 0.25) is 0 Å². The number of aryl methyl sites for hydroxylation is 1. The predicted molar refractivity (Wildman–Crippen MR) is 107 cm³/mol. The average molecular weight is 433 g/mol. The van der Waals surface area contributed by atoms with Crippen LogP contribution < -0.4 is 5.32 Å². The molecule has 5 nitrogen and oxygen atoms in total. The second kappa shape index (κ2) is 9.74. The van der Waals surface area contributed by atoms with E-state index in [4.69, 9.17) is 4.42 Å². The molecule has 2 heterocycles. The summed E-state index contributed by atoms with van der Waals surface area (Å²) in [4.78, 5) is 26.3. The van der Waals surface area contributed by atoms with E-state index in [1.165, 1.54) is 18.1 Å². The van der Waals surface area contributed by atoms with E-state index >= 15 is 0 Å². The normalized spacial score (nSPS) is 14.9. The average Bonchev–Trinajstić information content (AvgIpc) is 3.21. The molecule has 0 saturated carbocycles. The SMILES string of the molecule is O=C(CCCCc1ccc(Br)cc1)NC1CCN(C(=O)c2ccoc2)CC1. The molecule has 0 spiro atoms. The summed E-state index contributed by atoms with van der Waals surface area (Å²) >= 11 is 3.44. The first-order chi connectivity index (χ1) is 13.1. The van der Waals surface area contributed by atoms with E-state index in [0.29, 0.717) is 25.1 Å². The third-order valence-electron chi connectivity index (χ3n) is 4.95. The lowest BCUT2D eigenvalue weighted by molar-refractivity contribution is -0.122. The van der Waals surface area contributed by atoms with Gasteiger partial charge in [-0.05, 0) is 55.9 Å². The van der Waals surface area contributed by atoms with Crippen molar-refractivity contribution in [3.63, 3.8) is 0 Å². The molecular formula is C21H25BrN2O3. The summed E-state index contributed by atoms with van der Waals surface area (Å²) in [6.45, 7) is 1.33. The number of furan rings is 1. The van der Waals surface area contributed by atoms with Gasteiger partial charge < -0.3 is 14.6 Å². The first-order valence-corrected chi connectivity index (χ1v) is 10.3. The molecule has 0 aliphatic carbocycles. The number of carbonyl (C=O) groups excluding carboxylic acids is 2. The molecule has 3 rings (SSSR count). The van der Waals surface area contributed by atoms with Crippen LogP contribution in [-0.2, 0) is 11.2 Å². The number of hydrogen-bond donors (Lipinski definition) is 1. The van der Waals surface area contributed by atoms with Gasteiger partial charge in [-0.2, -0.15) is 0 Å². The Balaban J connectivity index is 1.31. The van der Waals surface area contributed by atoms with Gasteiger partial charge in [-0.15, -0.1) is 0 Å². The number of unbranched alkanes of at least 4 members (excludes halogenated alkanes) is 1. The zero-order valence-electron chi connectivity index (χ0n) is 15.3. The summed E-state index contributed by atoms with van der Waals surface area (Å²) in [6.07, 6.45) is 8.04. The van der Waals surface area contributed by atoms with Crippen molar-refractivity contribution in [3.8, 4) is 0 Å². The quantitative estimate of drug-likeness (QED) is 0.667. The van der Waals surface area contributed by atoms with E-state index in [-0.39, 0.29) is 17.9 Å². The van der Waals surface area contributed by atoms with E-state index in [9.17, 15) is 9.59 Å². The summed E-state index contributed by atoms with van der Waals surface area (Å²) in [5.74, 6) is 0.117. The molecule has 1 N–H and O–H groups in total. The fraction of sp³-hybridized carbons (Fsp3) is 0.429. The van der Waals surface area contributed by atoms with Crippen LogP contribution in [0, 0.1) is 0 Å². The lowest BCUT2D eigenvalue weighted by Gasteiger charge is -2.32. The zero-order chi connectivity index (χ0) is 19.1. The molecule has 1 aliphatic rings. The Morgan fingerprint density at radius 1 is 1.11 bits per heavy atom. The van der Waals surface area contributed by atoms with E-state index in [1.807, 2.05) is 17.0 Å². The minimum atomic E-state index is 0.00136. The maximum absolute atomic E-state index is 12.3. The first-order valence-electron chi connectivity index (χ1n) is 9.47. The van der Waals surface area contributed by atoms with Crippen molar-refractivity contribution in [1.29, 1.82) is 0 Å². The first kappa shape index (κ1) is 19.7. The molecule has 1 fully saturated rings. The van der Waals surface area contributed by atoms with Gasteiger partial charge in [-0.1, -0.05) is 28.1 Å². The van der Waals surface area contributed by atoms with Crippen LogP contribution in [0.15, 0.2) is 51.7 Å². The fourth-order valence-corrected chi connectivity index (χ4v) is 3.63. The third-order valence-corrected chi connectivity index (χ3v) is 5.48. The molecule has 1 aromatic carbocycles. The van der Waals surface area contributed by atoms with Gasteiger partial charge in [-0.3, -0.25) is 9.59 Å². The van der Waals surface area contributed by atoms with Gasteiger partial charge in [-0.25, -0.2) is 0 Å². The number of likely N-dealkylation sites (tertiary alicyclic amines) is 1. The summed E-state index contributed by atoms with van der Waals surface area (Å²) in [5, 5.41) is 3.12. The van der Waals surface area contributed by atoms with Crippen LogP contribution in [0.1, 0.15) is 48.0 Å². The summed E-state index contributed by atoms with van der Waals surface area (Å²) in [5.41, 5.74) is 1.89. The standard InChI is InChI=1S/C21H25BrN2O3/c22-18-7-5-16(6-8-18)3-1-2-4-20(25)23-19-9-12-24(13-10-19)21(26)17-11-14-27-15-17/h5-8,11,14-15,19H,1-4,9-10,12-13H2,(H,23,25). The van der Waals surface area contributed by atoms with Crippen LogP contribution in [0.3, 0.4) is 0 Å². The van der Waals surface area contributed by atoms with Crippen molar-refractivity contribution in [2.75, 3.05) is 13.1 Å². The number of benzene rings is 1. The minimum absolute atomic E-state index is 0.00136. The Bertz CT molecular complexity index is 735. The highest BCUT2D eigenvalue weighted by Gasteiger charge is 2.24. The van der Waals surface area contributed by atoms with Crippen LogP contribution in [0.5, 0.6) is 0 Å². The predicted octanol–water partition coefficient (Wildman–Crippen LogP) is 4.18. The van der Waals surface area contributed by atoms with Gasteiger partial charge in [0.05, 0.1) is 11.8 Å². The number of amides is 2. The second-order valence-electron chi connectivity index (χ2n) is 6.98. The number of nitrogens with one attached hydrogen (secondary N) is 1. The Morgan fingerprint density at radius 2 is 1.85 bits per heavy atom. The number of nitrogens with zero attached hydrogens (tertiary/aromatic N) is 1. The number of rotatable bonds is 7. The summed E-state index contributed by atoms with van der Waals surface area (Å²) in [7, 11) is 0. The van der Waals surface area contributed by atoms with Crippen molar-refractivity contribution in [3.05, 3.63) is 58.5 Å². The maximum atomic E-state index is 12.3. The minimum Gasteiger partial charge on any atom is -0.472 e. The fourth-order valence-electron chi connectivity index (χ4n) is 3.36. The van der Waals surface area contributed by atoms with Gasteiger partial charge in [0.15, 0.2) is 0 Å². The Labute approximate surface area is 168 Å². The van der Waals surface area contributed by atoms with Crippen molar-refractivity contribution in [1.82, 2.24) is 10.2 Å². The molecule has 2 amide bonds. The highest BCUT2D eigenvalue weighted by molar-refractivity contribution is 9.10. The van der Waals surface area contributed by atoms with Crippen molar-refractivity contribution >= 4 is 27.7 Å². The second-order valence-corrected chi connectivity index (χ2v) is 7.90. The number of halogens is 1.